The Labute approximate surface area is 123 Å². The summed E-state index contributed by atoms with van der Waals surface area (Å²) in [6, 6.07) is 16.3. The minimum atomic E-state index is -0.341. The van der Waals surface area contributed by atoms with Gasteiger partial charge in [-0.05, 0) is 42.7 Å². The highest BCUT2D eigenvalue weighted by molar-refractivity contribution is 5.71. The first-order valence-corrected chi connectivity index (χ1v) is 7.04. The highest BCUT2D eigenvalue weighted by Gasteiger charge is 2.33. The standard InChI is InChI=1S/C17H17NO3/c19-15-6-4-5-13(11-15)12-18(14-9-10-14)17(20)21-16-7-2-1-3-8-16/h1-8,11,14,19H,9-10,12H2. The van der Waals surface area contributed by atoms with Crippen molar-refractivity contribution in [3.63, 3.8) is 0 Å². The molecule has 1 fully saturated rings. The maximum atomic E-state index is 12.3. The molecule has 108 valence electrons. The van der Waals surface area contributed by atoms with Gasteiger partial charge in [-0.3, -0.25) is 0 Å². The van der Waals surface area contributed by atoms with Gasteiger partial charge < -0.3 is 14.7 Å². The van der Waals surface area contributed by atoms with Crippen LogP contribution in [0.1, 0.15) is 18.4 Å². The zero-order chi connectivity index (χ0) is 14.7. The van der Waals surface area contributed by atoms with Crippen LogP contribution in [0.5, 0.6) is 11.5 Å². The fourth-order valence-electron chi connectivity index (χ4n) is 2.23. The lowest BCUT2D eigenvalue weighted by atomic mass is 10.2. The Morgan fingerprint density at radius 3 is 2.57 bits per heavy atom. The van der Waals surface area contributed by atoms with Crippen molar-refractivity contribution in [2.45, 2.75) is 25.4 Å². The van der Waals surface area contributed by atoms with Crippen molar-refractivity contribution in [1.82, 2.24) is 4.90 Å². The summed E-state index contributed by atoms with van der Waals surface area (Å²) in [7, 11) is 0. The second-order valence-electron chi connectivity index (χ2n) is 5.21. The SMILES string of the molecule is O=C(Oc1ccccc1)N(Cc1cccc(O)c1)C1CC1. The molecule has 2 aromatic rings. The molecule has 0 heterocycles. The van der Waals surface area contributed by atoms with E-state index in [2.05, 4.69) is 0 Å². The Balaban J connectivity index is 1.71. The Bertz CT molecular complexity index is 623. The third-order valence-corrected chi connectivity index (χ3v) is 3.43. The molecule has 0 spiro atoms. The van der Waals surface area contributed by atoms with Crippen LogP contribution in [0, 0.1) is 0 Å². The first kappa shape index (κ1) is 13.5. The van der Waals surface area contributed by atoms with Crippen molar-refractivity contribution in [2.24, 2.45) is 0 Å². The number of nitrogens with zero attached hydrogens (tertiary/aromatic N) is 1. The van der Waals surface area contributed by atoms with Gasteiger partial charge in [0.15, 0.2) is 0 Å². The Morgan fingerprint density at radius 1 is 1.14 bits per heavy atom. The van der Waals surface area contributed by atoms with Crippen LogP contribution >= 0.6 is 0 Å². The largest absolute Gasteiger partial charge is 0.508 e. The third kappa shape index (κ3) is 3.54. The quantitative estimate of drug-likeness (QED) is 0.933. The predicted molar refractivity (Wildman–Crippen MR) is 79.1 cm³/mol. The van der Waals surface area contributed by atoms with E-state index in [1.54, 1.807) is 35.2 Å². The number of benzene rings is 2. The van der Waals surface area contributed by atoms with Gasteiger partial charge in [-0.15, -0.1) is 0 Å². The highest BCUT2D eigenvalue weighted by atomic mass is 16.6. The fourth-order valence-corrected chi connectivity index (χ4v) is 2.23. The summed E-state index contributed by atoms with van der Waals surface area (Å²) in [6.45, 7) is 0.449. The maximum absolute atomic E-state index is 12.3. The summed E-state index contributed by atoms with van der Waals surface area (Å²) in [6.07, 6.45) is 1.66. The summed E-state index contributed by atoms with van der Waals surface area (Å²) in [5.41, 5.74) is 0.895. The van der Waals surface area contributed by atoms with E-state index in [0.717, 1.165) is 18.4 Å². The van der Waals surface area contributed by atoms with E-state index in [9.17, 15) is 9.90 Å². The Kier molecular flexibility index (Phi) is 3.77. The number of ether oxygens (including phenoxy) is 1. The van der Waals surface area contributed by atoms with Gasteiger partial charge in [-0.25, -0.2) is 4.79 Å². The minimum Gasteiger partial charge on any atom is -0.508 e. The van der Waals surface area contributed by atoms with Gasteiger partial charge >= 0.3 is 6.09 Å². The molecular weight excluding hydrogens is 266 g/mol. The Hall–Kier alpha value is -2.49. The third-order valence-electron chi connectivity index (χ3n) is 3.43. The van der Waals surface area contributed by atoms with Crippen LogP contribution in [0.3, 0.4) is 0 Å². The molecule has 3 rings (SSSR count). The van der Waals surface area contributed by atoms with Crippen molar-refractivity contribution in [3.05, 3.63) is 60.2 Å². The predicted octanol–water partition coefficient (Wildman–Crippen LogP) is 3.56. The van der Waals surface area contributed by atoms with Crippen LogP contribution in [0.15, 0.2) is 54.6 Å². The first-order chi connectivity index (χ1) is 10.2. The molecule has 21 heavy (non-hydrogen) atoms. The number of aromatic hydroxyl groups is 1. The van der Waals surface area contributed by atoms with Crippen LogP contribution in [0.25, 0.3) is 0 Å². The summed E-state index contributed by atoms with van der Waals surface area (Å²) in [4.78, 5) is 14.0. The van der Waals surface area contributed by atoms with Crippen molar-refractivity contribution in [2.75, 3.05) is 0 Å². The number of rotatable bonds is 4. The molecule has 1 amide bonds. The fraction of sp³-hybridized carbons (Fsp3) is 0.235. The van der Waals surface area contributed by atoms with Gasteiger partial charge in [0.25, 0.3) is 0 Å². The van der Waals surface area contributed by atoms with Gasteiger partial charge in [0.2, 0.25) is 0 Å². The van der Waals surface area contributed by atoms with Gasteiger partial charge in [-0.1, -0.05) is 30.3 Å². The summed E-state index contributed by atoms with van der Waals surface area (Å²) in [5, 5.41) is 9.52. The molecular formula is C17H17NO3. The first-order valence-electron chi connectivity index (χ1n) is 7.04. The summed E-state index contributed by atoms with van der Waals surface area (Å²) < 4.78 is 5.40. The molecule has 0 saturated heterocycles. The lowest BCUT2D eigenvalue weighted by Gasteiger charge is -2.21. The normalized spacial score (nSPS) is 13.7. The molecule has 4 heteroatoms. The van der Waals surface area contributed by atoms with Gasteiger partial charge in [-0.2, -0.15) is 0 Å². The molecule has 0 aromatic heterocycles. The molecule has 1 aliphatic carbocycles. The van der Waals surface area contributed by atoms with Gasteiger partial charge in [0.05, 0.1) is 0 Å². The topological polar surface area (TPSA) is 49.8 Å². The van der Waals surface area contributed by atoms with E-state index in [-0.39, 0.29) is 17.9 Å². The average molecular weight is 283 g/mol. The monoisotopic (exact) mass is 283 g/mol. The minimum absolute atomic E-state index is 0.208. The number of hydrogen-bond donors (Lipinski definition) is 1. The average Bonchev–Trinajstić information content (AvgIpc) is 3.30. The lowest BCUT2D eigenvalue weighted by Crippen LogP contribution is -2.34. The molecule has 0 radical (unpaired) electrons. The van der Waals surface area contributed by atoms with Gasteiger partial charge in [0, 0.05) is 12.6 Å². The van der Waals surface area contributed by atoms with E-state index in [1.165, 1.54) is 0 Å². The molecule has 1 N–H and O–H groups in total. The molecule has 0 bridgehead atoms. The molecule has 1 aliphatic rings. The van der Waals surface area contributed by atoms with Gasteiger partial charge in [0.1, 0.15) is 11.5 Å². The van der Waals surface area contributed by atoms with Crippen molar-refractivity contribution in [1.29, 1.82) is 0 Å². The second kappa shape index (κ2) is 5.87. The molecule has 4 nitrogen and oxygen atoms in total. The van der Waals surface area contributed by atoms with Crippen LogP contribution in [-0.2, 0) is 6.54 Å². The number of carbonyl (C=O) groups is 1. The summed E-state index contributed by atoms with van der Waals surface area (Å²) in [5.74, 6) is 0.753. The highest BCUT2D eigenvalue weighted by Crippen LogP contribution is 2.29. The molecule has 0 unspecified atom stereocenters. The van der Waals surface area contributed by atoms with Crippen LogP contribution in [0.4, 0.5) is 4.79 Å². The number of amides is 1. The number of para-hydroxylation sites is 1. The van der Waals surface area contributed by atoms with E-state index >= 15 is 0 Å². The van der Waals surface area contributed by atoms with Crippen molar-refractivity contribution in [3.8, 4) is 11.5 Å². The van der Waals surface area contributed by atoms with Crippen LogP contribution < -0.4 is 4.74 Å². The number of carbonyl (C=O) groups excluding carboxylic acids is 1. The molecule has 0 aliphatic heterocycles. The van der Waals surface area contributed by atoms with Crippen molar-refractivity contribution >= 4 is 6.09 Å². The Morgan fingerprint density at radius 2 is 1.90 bits per heavy atom. The van der Waals surface area contributed by atoms with Crippen molar-refractivity contribution < 1.29 is 14.6 Å². The number of phenols is 1. The molecule has 1 saturated carbocycles. The summed E-state index contributed by atoms with van der Waals surface area (Å²) >= 11 is 0. The maximum Gasteiger partial charge on any atom is 0.415 e. The number of hydrogen-bond acceptors (Lipinski definition) is 3. The zero-order valence-electron chi connectivity index (χ0n) is 11.6. The van der Waals surface area contributed by atoms with E-state index in [0.29, 0.717) is 12.3 Å². The smallest absolute Gasteiger partial charge is 0.415 e. The van der Waals surface area contributed by atoms with E-state index < -0.39 is 0 Å². The van der Waals surface area contributed by atoms with Crippen LogP contribution in [0.2, 0.25) is 0 Å². The number of phenolic OH excluding ortho intramolecular Hbond substituents is 1. The zero-order valence-corrected chi connectivity index (χ0v) is 11.6. The molecule has 2 aromatic carbocycles. The van der Waals surface area contributed by atoms with Crippen LogP contribution in [-0.4, -0.2) is 22.1 Å². The van der Waals surface area contributed by atoms with E-state index in [1.807, 2.05) is 24.3 Å². The second-order valence-corrected chi connectivity index (χ2v) is 5.21. The van der Waals surface area contributed by atoms with E-state index in [4.69, 9.17) is 4.74 Å². The molecule has 0 atom stereocenters. The lowest BCUT2D eigenvalue weighted by molar-refractivity contribution is 0.146.